The third kappa shape index (κ3) is 3.85. The summed E-state index contributed by atoms with van der Waals surface area (Å²) in [6, 6.07) is 5.43. The van der Waals surface area contributed by atoms with E-state index >= 15 is 0 Å². The molecule has 0 fully saturated rings. The molecule has 1 heterocycles. The lowest BCUT2D eigenvalue weighted by atomic mass is 10.2. The van der Waals surface area contributed by atoms with Crippen LogP contribution in [0.3, 0.4) is 0 Å². The fourth-order valence-corrected chi connectivity index (χ4v) is 2.42. The minimum Gasteiger partial charge on any atom is -0.497 e. The molecule has 0 spiro atoms. The molecular formula is C14H18N4O2S. The second-order valence-corrected chi connectivity index (χ2v) is 5.19. The highest BCUT2D eigenvalue weighted by atomic mass is 32.1. The van der Waals surface area contributed by atoms with Crippen LogP contribution < -0.4 is 20.5 Å². The first-order valence-corrected chi connectivity index (χ1v) is 7.20. The van der Waals surface area contributed by atoms with Crippen molar-refractivity contribution in [3.8, 4) is 11.5 Å². The van der Waals surface area contributed by atoms with E-state index in [0.29, 0.717) is 29.7 Å². The molecule has 0 amide bonds. The molecule has 3 N–H and O–H groups in total. The second kappa shape index (κ2) is 6.94. The quantitative estimate of drug-likeness (QED) is 0.655. The Kier molecular flexibility index (Phi) is 4.99. The number of ether oxygens (including phenoxy) is 2. The molecule has 0 bridgehead atoms. The SMILES string of the molecule is COc1ccc(OC)c(NC(N)=NCc2scnc2C)c1. The number of hydrogen-bond donors (Lipinski definition) is 2. The first-order chi connectivity index (χ1) is 10.1. The van der Waals surface area contributed by atoms with Gasteiger partial charge in [0.25, 0.3) is 0 Å². The number of nitrogens with one attached hydrogen (secondary N) is 1. The van der Waals surface area contributed by atoms with Crippen LogP contribution in [0.5, 0.6) is 11.5 Å². The van der Waals surface area contributed by atoms with Crippen LogP contribution in [0.4, 0.5) is 5.69 Å². The maximum Gasteiger partial charge on any atom is 0.193 e. The van der Waals surface area contributed by atoms with E-state index in [1.807, 2.05) is 19.1 Å². The van der Waals surface area contributed by atoms with E-state index in [0.717, 1.165) is 10.6 Å². The summed E-state index contributed by atoms with van der Waals surface area (Å²) in [4.78, 5) is 9.59. The number of anilines is 1. The molecule has 2 aromatic rings. The highest BCUT2D eigenvalue weighted by Crippen LogP contribution is 2.28. The van der Waals surface area contributed by atoms with Gasteiger partial charge in [0.15, 0.2) is 5.96 Å². The van der Waals surface area contributed by atoms with E-state index in [2.05, 4.69) is 15.3 Å². The van der Waals surface area contributed by atoms with Crippen molar-refractivity contribution in [2.24, 2.45) is 10.7 Å². The number of benzene rings is 1. The molecule has 0 saturated heterocycles. The predicted molar refractivity (Wildman–Crippen MR) is 85.3 cm³/mol. The van der Waals surface area contributed by atoms with Gasteiger partial charge in [0.05, 0.1) is 37.7 Å². The zero-order chi connectivity index (χ0) is 15.2. The lowest BCUT2D eigenvalue weighted by molar-refractivity contribution is 0.405. The molecule has 0 aliphatic carbocycles. The fourth-order valence-electron chi connectivity index (χ4n) is 1.72. The van der Waals surface area contributed by atoms with Crippen molar-refractivity contribution >= 4 is 23.0 Å². The third-order valence-electron chi connectivity index (χ3n) is 2.91. The number of guanidine groups is 1. The summed E-state index contributed by atoms with van der Waals surface area (Å²) in [7, 11) is 3.20. The van der Waals surface area contributed by atoms with E-state index in [4.69, 9.17) is 15.2 Å². The van der Waals surface area contributed by atoms with Gasteiger partial charge in [-0.25, -0.2) is 9.98 Å². The van der Waals surface area contributed by atoms with Crippen LogP contribution >= 0.6 is 11.3 Å². The van der Waals surface area contributed by atoms with Crippen molar-refractivity contribution in [1.82, 2.24) is 4.98 Å². The van der Waals surface area contributed by atoms with Crippen LogP contribution in [0.15, 0.2) is 28.7 Å². The summed E-state index contributed by atoms with van der Waals surface area (Å²) in [5.74, 6) is 1.70. The summed E-state index contributed by atoms with van der Waals surface area (Å²) >= 11 is 1.57. The lowest BCUT2D eigenvalue weighted by Crippen LogP contribution is -2.23. The third-order valence-corrected chi connectivity index (χ3v) is 3.83. The van der Waals surface area contributed by atoms with Crippen molar-refractivity contribution in [2.45, 2.75) is 13.5 Å². The standard InChI is InChI=1S/C14H18N4O2S/c1-9-13(21-8-17-9)7-16-14(15)18-11-6-10(19-2)4-5-12(11)20-3/h4-6,8H,7H2,1-3H3,(H3,15,16,18). The Labute approximate surface area is 127 Å². The topological polar surface area (TPSA) is 81.8 Å². The molecular weight excluding hydrogens is 288 g/mol. The first kappa shape index (κ1) is 15.1. The summed E-state index contributed by atoms with van der Waals surface area (Å²) < 4.78 is 10.5. The van der Waals surface area contributed by atoms with Crippen LogP contribution in [0.25, 0.3) is 0 Å². The van der Waals surface area contributed by atoms with Gasteiger partial charge < -0.3 is 20.5 Å². The van der Waals surface area contributed by atoms with Crippen LogP contribution in [0.1, 0.15) is 10.6 Å². The Hall–Kier alpha value is -2.28. The van der Waals surface area contributed by atoms with Gasteiger partial charge in [-0.05, 0) is 19.1 Å². The van der Waals surface area contributed by atoms with Crippen molar-refractivity contribution in [3.05, 3.63) is 34.3 Å². The molecule has 21 heavy (non-hydrogen) atoms. The Morgan fingerprint density at radius 3 is 2.81 bits per heavy atom. The Bertz CT molecular complexity index is 640. The molecule has 0 saturated carbocycles. The number of aromatic nitrogens is 1. The Morgan fingerprint density at radius 2 is 2.19 bits per heavy atom. The molecule has 0 atom stereocenters. The fraction of sp³-hybridized carbons (Fsp3) is 0.286. The summed E-state index contributed by atoms with van der Waals surface area (Å²) in [6.07, 6.45) is 0. The highest BCUT2D eigenvalue weighted by Gasteiger charge is 2.06. The molecule has 6 nitrogen and oxygen atoms in total. The number of thiazole rings is 1. The Balaban J connectivity index is 2.11. The van der Waals surface area contributed by atoms with Gasteiger partial charge in [0.1, 0.15) is 11.5 Å². The van der Waals surface area contributed by atoms with Crippen LogP contribution in [-0.4, -0.2) is 25.2 Å². The van der Waals surface area contributed by atoms with E-state index in [1.165, 1.54) is 0 Å². The molecule has 0 unspecified atom stereocenters. The molecule has 0 aliphatic heterocycles. The predicted octanol–water partition coefficient (Wildman–Crippen LogP) is 2.40. The van der Waals surface area contributed by atoms with Crippen molar-refractivity contribution in [3.63, 3.8) is 0 Å². The normalized spacial score (nSPS) is 11.3. The minimum absolute atomic E-state index is 0.314. The number of nitrogens with two attached hydrogens (primary N) is 1. The van der Waals surface area contributed by atoms with Gasteiger partial charge in [-0.2, -0.15) is 0 Å². The number of rotatable bonds is 5. The van der Waals surface area contributed by atoms with Gasteiger partial charge >= 0.3 is 0 Å². The number of nitrogens with zero attached hydrogens (tertiary/aromatic N) is 2. The van der Waals surface area contributed by atoms with Gasteiger partial charge in [-0.15, -0.1) is 11.3 Å². The molecule has 7 heteroatoms. The summed E-state index contributed by atoms with van der Waals surface area (Å²) in [5, 5.41) is 3.03. The molecule has 1 aromatic carbocycles. The molecule has 0 aliphatic rings. The molecule has 112 valence electrons. The minimum atomic E-state index is 0.314. The van der Waals surface area contributed by atoms with E-state index in [-0.39, 0.29) is 0 Å². The number of aryl methyl sites for hydroxylation is 1. The maximum absolute atomic E-state index is 5.91. The first-order valence-electron chi connectivity index (χ1n) is 6.32. The zero-order valence-corrected chi connectivity index (χ0v) is 13.0. The second-order valence-electron chi connectivity index (χ2n) is 4.25. The van der Waals surface area contributed by atoms with Crippen molar-refractivity contribution in [2.75, 3.05) is 19.5 Å². The Morgan fingerprint density at radius 1 is 1.38 bits per heavy atom. The van der Waals surface area contributed by atoms with E-state index in [1.54, 1.807) is 37.1 Å². The van der Waals surface area contributed by atoms with Gasteiger partial charge in [-0.1, -0.05) is 0 Å². The number of aliphatic imine (C=N–C) groups is 1. The smallest absolute Gasteiger partial charge is 0.193 e. The highest BCUT2D eigenvalue weighted by molar-refractivity contribution is 7.09. The number of hydrogen-bond acceptors (Lipinski definition) is 5. The van der Waals surface area contributed by atoms with E-state index in [9.17, 15) is 0 Å². The van der Waals surface area contributed by atoms with Crippen molar-refractivity contribution < 1.29 is 9.47 Å². The van der Waals surface area contributed by atoms with Gasteiger partial charge in [0, 0.05) is 10.9 Å². The van der Waals surface area contributed by atoms with Crippen LogP contribution in [0, 0.1) is 6.92 Å². The molecule has 2 rings (SSSR count). The van der Waals surface area contributed by atoms with Crippen LogP contribution in [-0.2, 0) is 6.54 Å². The van der Waals surface area contributed by atoms with Crippen molar-refractivity contribution in [1.29, 1.82) is 0 Å². The summed E-state index contributed by atoms with van der Waals surface area (Å²) in [6.45, 7) is 2.46. The largest absolute Gasteiger partial charge is 0.497 e. The van der Waals surface area contributed by atoms with Crippen LogP contribution in [0.2, 0.25) is 0 Å². The van der Waals surface area contributed by atoms with E-state index < -0.39 is 0 Å². The van der Waals surface area contributed by atoms with Gasteiger partial charge in [-0.3, -0.25) is 0 Å². The van der Waals surface area contributed by atoms with Gasteiger partial charge in [0.2, 0.25) is 0 Å². The zero-order valence-electron chi connectivity index (χ0n) is 12.2. The monoisotopic (exact) mass is 306 g/mol. The lowest BCUT2D eigenvalue weighted by Gasteiger charge is -2.12. The average molecular weight is 306 g/mol. The summed E-state index contributed by atoms with van der Waals surface area (Å²) in [5.41, 5.74) is 9.40. The average Bonchev–Trinajstić information content (AvgIpc) is 2.90. The molecule has 0 radical (unpaired) electrons. The number of methoxy groups -OCH3 is 2. The molecule has 1 aromatic heterocycles. The maximum atomic E-state index is 5.91.